The first-order chi connectivity index (χ1) is 10.3. The van der Waals surface area contributed by atoms with Gasteiger partial charge in [0.05, 0.1) is 11.9 Å². The van der Waals surface area contributed by atoms with E-state index in [9.17, 15) is 9.59 Å². The molecule has 0 aliphatic rings. The molecule has 1 heterocycles. The van der Waals surface area contributed by atoms with Crippen LogP contribution in [0.3, 0.4) is 0 Å². The number of anilines is 1. The molecule has 7 heteroatoms. The van der Waals surface area contributed by atoms with Crippen LogP contribution < -0.4 is 4.90 Å². The third-order valence-electron chi connectivity index (χ3n) is 2.52. The number of hydrogen-bond donors (Lipinski definition) is 0. The molecule has 0 atom stereocenters. The number of imide groups is 1. The topological polar surface area (TPSA) is 68.7 Å². The second kappa shape index (κ2) is 6.86. The van der Waals surface area contributed by atoms with Gasteiger partial charge in [-0.1, -0.05) is 0 Å². The van der Waals surface area contributed by atoms with Crippen LogP contribution in [0.2, 0.25) is 0 Å². The summed E-state index contributed by atoms with van der Waals surface area (Å²) in [6, 6.07) is 0. The Labute approximate surface area is 145 Å². The van der Waals surface area contributed by atoms with Crippen molar-refractivity contribution in [2.45, 2.75) is 59.7 Å². The maximum absolute atomic E-state index is 12.5. The lowest BCUT2D eigenvalue weighted by atomic mass is 10.2. The summed E-state index contributed by atoms with van der Waals surface area (Å²) in [5.74, 6) is 0. The van der Waals surface area contributed by atoms with Gasteiger partial charge in [-0.15, -0.1) is 0 Å². The Kier molecular flexibility index (Phi) is 5.79. The number of carbonyl (C=O) groups is 2. The minimum atomic E-state index is -0.810. The standard InChI is InChI=1S/C16H23BrN2O4/c1-10-11(17)8-18-9-12(10)19(13(20)22-15(2,3)4)14(21)23-16(5,6)7/h8-9H,1-7H3. The monoisotopic (exact) mass is 386 g/mol. The van der Waals surface area contributed by atoms with Gasteiger partial charge in [0, 0.05) is 10.7 Å². The van der Waals surface area contributed by atoms with Crippen molar-refractivity contribution >= 4 is 33.8 Å². The Bertz CT molecular complexity index is 575. The lowest BCUT2D eigenvalue weighted by Gasteiger charge is -2.29. The zero-order valence-electron chi connectivity index (χ0n) is 14.6. The largest absolute Gasteiger partial charge is 0.443 e. The van der Waals surface area contributed by atoms with Gasteiger partial charge in [-0.2, -0.15) is 4.90 Å². The number of ether oxygens (including phenoxy) is 2. The van der Waals surface area contributed by atoms with Gasteiger partial charge in [0.15, 0.2) is 0 Å². The molecule has 0 bridgehead atoms. The molecule has 0 spiro atoms. The molecule has 0 unspecified atom stereocenters. The molecule has 0 radical (unpaired) electrons. The molecule has 1 rings (SSSR count). The average Bonchev–Trinajstić information content (AvgIpc) is 2.30. The molecular weight excluding hydrogens is 364 g/mol. The second-order valence-corrected chi connectivity index (χ2v) is 7.92. The van der Waals surface area contributed by atoms with Crippen molar-refractivity contribution in [3.05, 3.63) is 22.4 Å². The summed E-state index contributed by atoms with van der Waals surface area (Å²) >= 11 is 3.34. The van der Waals surface area contributed by atoms with Gasteiger partial charge < -0.3 is 9.47 Å². The van der Waals surface area contributed by atoms with Gasteiger partial charge in [-0.3, -0.25) is 4.98 Å². The Hall–Kier alpha value is -1.63. The van der Waals surface area contributed by atoms with Crippen molar-refractivity contribution in [1.82, 2.24) is 4.98 Å². The lowest BCUT2D eigenvalue weighted by Crippen LogP contribution is -2.44. The Morgan fingerprint density at radius 2 is 1.43 bits per heavy atom. The minimum absolute atomic E-state index is 0.308. The van der Waals surface area contributed by atoms with Crippen molar-refractivity contribution in [1.29, 1.82) is 0 Å². The van der Waals surface area contributed by atoms with Crippen LogP contribution in [-0.4, -0.2) is 28.4 Å². The van der Waals surface area contributed by atoms with Crippen molar-refractivity contribution in [3.63, 3.8) is 0 Å². The predicted octanol–water partition coefficient (Wildman–Crippen LogP) is 4.83. The average molecular weight is 387 g/mol. The number of hydrogen-bond acceptors (Lipinski definition) is 5. The van der Waals surface area contributed by atoms with Crippen molar-refractivity contribution in [2.75, 3.05) is 4.90 Å². The number of halogens is 1. The quantitative estimate of drug-likeness (QED) is 0.691. The number of carbonyl (C=O) groups excluding carboxylic acids is 2. The molecule has 0 aromatic carbocycles. The molecule has 6 nitrogen and oxygen atoms in total. The number of nitrogens with zero attached hydrogens (tertiary/aromatic N) is 2. The second-order valence-electron chi connectivity index (χ2n) is 7.06. The molecule has 2 amide bonds. The fourth-order valence-corrected chi connectivity index (χ4v) is 1.92. The maximum Gasteiger partial charge on any atom is 0.424 e. The van der Waals surface area contributed by atoms with E-state index >= 15 is 0 Å². The van der Waals surface area contributed by atoms with Crippen LogP contribution in [0.1, 0.15) is 47.1 Å². The number of amides is 2. The van der Waals surface area contributed by atoms with E-state index in [1.54, 1.807) is 54.7 Å². The van der Waals surface area contributed by atoms with Crippen molar-refractivity contribution in [3.8, 4) is 0 Å². The normalized spacial score (nSPS) is 11.8. The van der Waals surface area contributed by atoms with E-state index in [2.05, 4.69) is 20.9 Å². The van der Waals surface area contributed by atoms with Crippen LogP contribution in [0.25, 0.3) is 0 Å². The Morgan fingerprint density at radius 1 is 1.00 bits per heavy atom. The van der Waals surface area contributed by atoms with Crippen LogP contribution >= 0.6 is 15.9 Å². The number of rotatable bonds is 1. The highest BCUT2D eigenvalue weighted by Crippen LogP contribution is 2.28. The highest BCUT2D eigenvalue weighted by molar-refractivity contribution is 9.10. The summed E-state index contributed by atoms with van der Waals surface area (Å²) in [6.45, 7) is 12.1. The molecule has 0 aliphatic carbocycles. The van der Waals surface area contributed by atoms with Gasteiger partial charge in [-0.25, -0.2) is 9.59 Å². The molecule has 23 heavy (non-hydrogen) atoms. The first kappa shape index (κ1) is 19.4. The lowest BCUT2D eigenvalue weighted by molar-refractivity contribution is 0.0430. The summed E-state index contributed by atoms with van der Waals surface area (Å²) in [5.41, 5.74) is -0.505. The number of pyridine rings is 1. The third kappa shape index (κ3) is 5.82. The molecule has 0 saturated carbocycles. The van der Waals surface area contributed by atoms with E-state index in [0.29, 0.717) is 15.7 Å². The van der Waals surface area contributed by atoms with E-state index in [-0.39, 0.29) is 0 Å². The fraction of sp³-hybridized carbons (Fsp3) is 0.562. The zero-order chi connectivity index (χ0) is 18.0. The summed E-state index contributed by atoms with van der Waals surface area (Å²) < 4.78 is 11.3. The fourth-order valence-electron chi connectivity index (χ4n) is 1.60. The highest BCUT2D eigenvalue weighted by atomic mass is 79.9. The van der Waals surface area contributed by atoms with E-state index in [1.807, 2.05) is 0 Å². The highest BCUT2D eigenvalue weighted by Gasteiger charge is 2.33. The van der Waals surface area contributed by atoms with Gasteiger partial charge in [-0.05, 0) is 70.0 Å². The molecule has 1 aromatic rings. The molecule has 0 aliphatic heterocycles. The van der Waals surface area contributed by atoms with Crippen molar-refractivity contribution < 1.29 is 19.1 Å². The van der Waals surface area contributed by atoms with E-state index in [1.165, 1.54) is 6.20 Å². The van der Waals surface area contributed by atoms with E-state index in [0.717, 1.165) is 4.90 Å². The smallest absolute Gasteiger partial charge is 0.424 e. The maximum atomic E-state index is 12.5. The van der Waals surface area contributed by atoms with Gasteiger partial charge >= 0.3 is 12.2 Å². The molecule has 0 fully saturated rings. The van der Waals surface area contributed by atoms with Crippen LogP contribution in [-0.2, 0) is 9.47 Å². The van der Waals surface area contributed by atoms with E-state index in [4.69, 9.17) is 9.47 Å². The summed E-state index contributed by atoms with van der Waals surface area (Å²) in [5, 5.41) is 0. The predicted molar refractivity (Wildman–Crippen MR) is 91.6 cm³/mol. The summed E-state index contributed by atoms with van der Waals surface area (Å²) in [6.07, 6.45) is 1.39. The molecule has 128 valence electrons. The van der Waals surface area contributed by atoms with Gasteiger partial charge in [0.25, 0.3) is 0 Å². The Balaban J connectivity index is 3.29. The molecule has 0 N–H and O–H groups in total. The SMILES string of the molecule is Cc1c(Br)cncc1N(C(=O)OC(C)(C)C)C(=O)OC(C)(C)C. The van der Waals surface area contributed by atoms with Crippen LogP contribution in [0.15, 0.2) is 16.9 Å². The molecule has 1 aromatic heterocycles. The summed E-state index contributed by atoms with van der Waals surface area (Å²) in [4.78, 5) is 29.9. The van der Waals surface area contributed by atoms with Gasteiger partial charge in [0.2, 0.25) is 0 Å². The Morgan fingerprint density at radius 3 is 1.83 bits per heavy atom. The van der Waals surface area contributed by atoms with Gasteiger partial charge in [0.1, 0.15) is 11.2 Å². The minimum Gasteiger partial charge on any atom is -0.443 e. The first-order valence-electron chi connectivity index (χ1n) is 7.18. The third-order valence-corrected chi connectivity index (χ3v) is 3.32. The zero-order valence-corrected chi connectivity index (χ0v) is 16.1. The van der Waals surface area contributed by atoms with Crippen LogP contribution in [0.5, 0.6) is 0 Å². The number of aromatic nitrogens is 1. The van der Waals surface area contributed by atoms with E-state index < -0.39 is 23.4 Å². The first-order valence-corrected chi connectivity index (χ1v) is 7.97. The summed E-state index contributed by atoms with van der Waals surface area (Å²) in [7, 11) is 0. The molecule has 0 saturated heterocycles. The van der Waals surface area contributed by atoms with Crippen molar-refractivity contribution in [2.24, 2.45) is 0 Å². The van der Waals surface area contributed by atoms with Crippen LogP contribution in [0.4, 0.5) is 15.3 Å². The van der Waals surface area contributed by atoms with Crippen LogP contribution in [0, 0.1) is 6.92 Å². The molecular formula is C16H23BrN2O4.